The molecule has 0 saturated carbocycles. The van der Waals surface area contributed by atoms with Gasteiger partial charge in [-0.25, -0.2) is 17.8 Å². The summed E-state index contributed by atoms with van der Waals surface area (Å²) in [6.45, 7) is 1.14. The summed E-state index contributed by atoms with van der Waals surface area (Å²) in [5.74, 6) is -0.0624. The minimum absolute atomic E-state index is 0.0617. The first kappa shape index (κ1) is 17.8. The quantitative estimate of drug-likeness (QED) is 0.820. The fourth-order valence-corrected chi connectivity index (χ4v) is 4.23. The Labute approximate surface area is 146 Å². The first-order chi connectivity index (χ1) is 12.0. The maximum Gasteiger partial charge on any atom is 0.244 e. The molecular weight excluding hydrogens is 345 g/mol. The molecule has 1 aromatic heterocycles. The van der Waals surface area contributed by atoms with Gasteiger partial charge in [-0.05, 0) is 31.0 Å². The number of anilines is 1. The minimum atomic E-state index is -3.49. The molecule has 2 aromatic rings. The van der Waals surface area contributed by atoms with Gasteiger partial charge in [0, 0.05) is 31.4 Å². The van der Waals surface area contributed by atoms with Crippen molar-refractivity contribution in [3.8, 4) is 0 Å². The van der Waals surface area contributed by atoms with Gasteiger partial charge in [0.05, 0.1) is 6.10 Å². The van der Waals surface area contributed by atoms with Crippen LogP contribution in [0.5, 0.6) is 0 Å². The lowest BCUT2D eigenvalue weighted by Gasteiger charge is -2.16. The summed E-state index contributed by atoms with van der Waals surface area (Å²) in [4.78, 5) is 4.23. The van der Waals surface area contributed by atoms with Crippen molar-refractivity contribution >= 4 is 15.8 Å². The van der Waals surface area contributed by atoms with Crippen molar-refractivity contribution in [1.29, 1.82) is 0 Å². The summed E-state index contributed by atoms with van der Waals surface area (Å²) < 4.78 is 39.9. The molecule has 0 bridgehead atoms. The third-order valence-corrected chi connectivity index (χ3v) is 6.06. The molecule has 134 valence electrons. The zero-order valence-corrected chi connectivity index (χ0v) is 14.4. The molecule has 25 heavy (non-hydrogen) atoms. The molecule has 6 nitrogen and oxygen atoms in total. The molecule has 1 atom stereocenters. The summed E-state index contributed by atoms with van der Waals surface area (Å²) >= 11 is 0. The van der Waals surface area contributed by atoms with Crippen molar-refractivity contribution in [1.82, 2.24) is 9.29 Å². The van der Waals surface area contributed by atoms with Gasteiger partial charge in [-0.2, -0.15) is 4.31 Å². The van der Waals surface area contributed by atoms with Crippen LogP contribution in [0.25, 0.3) is 0 Å². The second-order valence-electron chi connectivity index (χ2n) is 5.91. The molecule has 0 amide bonds. The van der Waals surface area contributed by atoms with Gasteiger partial charge in [0.25, 0.3) is 0 Å². The van der Waals surface area contributed by atoms with E-state index in [4.69, 9.17) is 0 Å². The average molecular weight is 365 g/mol. The Balaban J connectivity index is 1.64. The number of hydrogen-bond donors (Lipinski definition) is 2. The highest BCUT2D eigenvalue weighted by atomic mass is 32.2. The lowest BCUT2D eigenvalue weighted by atomic mass is 10.1. The van der Waals surface area contributed by atoms with Crippen molar-refractivity contribution < 1.29 is 17.9 Å². The maximum atomic E-state index is 13.6. The average Bonchev–Trinajstić information content (AvgIpc) is 3.16. The Morgan fingerprint density at radius 3 is 2.56 bits per heavy atom. The van der Waals surface area contributed by atoms with Crippen molar-refractivity contribution in [2.24, 2.45) is 0 Å². The van der Waals surface area contributed by atoms with E-state index in [9.17, 15) is 17.9 Å². The molecular formula is C17H20FN3O3S. The SMILES string of the molecule is O=S(=O)(c1ccc(NCC(O)c2ccccc2F)nc1)N1CCCC1. The van der Waals surface area contributed by atoms with Crippen molar-refractivity contribution in [2.45, 2.75) is 23.8 Å². The van der Waals surface area contributed by atoms with E-state index in [2.05, 4.69) is 10.3 Å². The van der Waals surface area contributed by atoms with Gasteiger partial charge in [-0.1, -0.05) is 18.2 Å². The number of aliphatic hydroxyl groups excluding tert-OH is 1. The van der Waals surface area contributed by atoms with E-state index in [-0.39, 0.29) is 17.0 Å². The monoisotopic (exact) mass is 365 g/mol. The smallest absolute Gasteiger partial charge is 0.244 e. The summed E-state index contributed by atoms with van der Waals surface area (Å²) in [6.07, 6.45) is 2.02. The molecule has 1 saturated heterocycles. The first-order valence-electron chi connectivity index (χ1n) is 8.11. The van der Waals surface area contributed by atoms with Crippen LogP contribution in [0.2, 0.25) is 0 Å². The lowest BCUT2D eigenvalue weighted by molar-refractivity contribution is 0.186. The minimum Gasteiger partial charge on any atom is -0.386 e. The third-order valence-electron chi connectivity index (χ3n) is 4.18. The number of hydrogen-bond acceptors (Lipinski definition) is 5. The number of halogens is 1. The fraction of sp³-hybridized carbons (Fsp3) is 0.353. The number of pyridine rings is 1. The maximum absolute atomic E-state index is 13.6. The zero-order valence-electron chi connectivity index (χ0n) is 13.6. The predicted molar refractivity (Wildman–Crippen MR) is 92.1 cm³/mol. The number of aromatic nitrogens is 1. The summed E-state index contributed by atoms with van der Waals surface area (Å²) in [5.41, 5.74) is 0.197. The van der Waals surface area contributed by atoms with Crippen LogP contribution in [-0.2, 0) is 10.0 Å². The van der Waals surface area contributed by atoms with Crippen LogP contribution in [0.15, 0.2) is 47.5 Å². The van der Waals surface area contributed by atoms with Crippen LogP contribution in [0.3, 0.4) is 0 Å². The third kappa shape index (κ3) is 3.97. The number of nitrogens with one attached hydrogen (secondary N) is 1. The van der Waals surface area contributed by atoms with E-state index in [1.54, 1.807) is 12.1 Å². The summed E-state index contributed by atoms with van der Waals surface area (Å²) in [6, 6.07) is 9.03. The molecule has 8 heteroatoms. The first-order valence-corrected chi connectivity index (χ1v) is 9.55. The molecule has 0 radical (unpaired) electrons. The number of sulfonamides is 1. The van der Waals surface area contributed by atoms with Gasteiger partial charge in [0.15, 0.2) is 0 Å². The normalized spacial score (nSPS) is 16.7. The lowest BCUT2D eigenvalue weighted by Crippen LogP contribution is -2.28. The van der Waals surface area contributed by atoms with E-state index in [0.29, 0.717) is 18.9 Å². The molecule has 1 aromatic carbocycles. The summed E-state index contributed by atoms with van der Waals surface area (Å²) in [7, 11) is -3.49. The van der Waals surface area contributed by atoms with Crippen molar-refractivity contribution in [3.63, 3.8) is 0 Å². The van der Waals surface area contributed by atoms with Crippen LogP contribution >= 0.6 is 0 Å². The molecule has 2 N–H and O–H groups in total. The molecule has 1 fully saturated rings. The molecule has 1 aliphatic heterocycles. The van der Waals surface area contributed by atoms with E-state index < -0.39 is 21.9 Å². The Bertz CT molecular complexity index is 821. The highest BCUT2D eigenvalue weighted by Gasteiger charge is 2.27. The van der Waals surface area contributed by atoms with Gasteiger partial charge in [-0.15, -0.1) is 0 Å². The van der Waals surface area contributed by atoms with Gasteiger partial charge < -0.3 is 10.4 Å². The highest BCUT2D eigenvalue weighted by Crippen LogP contribution is 2.21. The molecule has 0 spiro atoms. The number of rotatable bonds is 6. The molecule has 1 unspecified atom stereocenters. The van der Waals surface area contributed by atoms with Crippen molar-refractivity contribution in [3.05, 3.63) is 54.0 Å². The Hall–Kier alpha value is -2.03. The fourth-order valence-electron chi connectivity index (χ4n) is 2.77. The topological polar surface area (TPSA) is 82.5 Å². The number of nitrogens with zero attached hydrogens (tertiary/aromatic N) is 2. The number of benzene rings is 1. The second-order valence-corrected chi connectivity index (χ2v) is 7.85. The Kier molecular flexibility index (Phi) is 5.31. The molecule has 0 aliphatic carbocycles. The van der Waals surface area contributed by atoms with Gasteiger partial charge in [-0.3, -0.25) is 0 Å². The Morgan fingerprint density at radius 1 is 1.20 bits per heavy atom. The van der Waals surface area contributed by atoms with Crippen LogP contribution in [0.4, 0.5) is 10.2 Å². The standard InChI is InChI=1S/C17H20FN3O3S/c18-15-6-2-1-5-14(15)16(22)12-20-17-8-7-13(11-19-17)25(23,24)21-9-3-4-10-21/h1-2,5-8,11,16,22H,3-4,9-10,12H2,(H,19,20). The van der Waals surface area contributed by atoms with E-state index in [1.165, 1.54) is 34.8 Å². The van der Waals surface area contributed by atoms with Gasteiger partial charge in [0.1, 0.15) is 16.5 Å². The molecule has 1 aliphatic rings. The van der Waals surface area contributed by atoms with Crippen LogP contribution < -0.4 is 5.32 Å². The van der Waals surface area contributed by atoms with E-state index in [1.807, 2.05) is 0 Å². The second kappa shape index (κ2) is 7.47. The van der Waals surface area contributed by atoms with Gasteiger partial charge >= 0.3 is 0 Å². The zero-order chi connectivity index (χ0) is 17.9. The number of aliphatic hydroxyl groups is 1. The van der Waals surface area contributed by atoms with Crippen LogP contribution in [0, 0.1) is 5.82 Å². The highest BCUT2D eigenvalue weighted by molar-refractivity contribution is 7.89. The Morgan fingerprint density at radius 2 is 1.92 bits per heavy atom. The molecule has 3 rings (SSSR count). The van der Waals surface area contributed by atoms with E-state index in [0.717, 1.165) is 12.8 Å². The van der Waals surface area contributed by atoms with Crippen molar-refractivity contribution in [2.75, 3.05) is 25.0 Å². The van der Waals surface area contributed by atoms with Gasteiger partial charge in [0.2, 0.25) is 10.0 Å². The van der Waals surface area contributed by atoms with Crippen LogP contribution in [-0.4, -0.2) is 42.4 Å². The largest absolute Gasteiger partial charge is 0.386 e. The molecule has 2 heterocycles. The summed E-state index contributed by atoms with van der Waals surface area (Å²) in [5, 5.41) is 12.9. The van der Waals surface area contributed by atoms with Crippen LogP contribution in [0.1, 0.15) is 24.5 Å². The predicted octanol–water partition coefficient (Wildman–Crippen LogP) is 2.15. The van der Waals surface area contributed by atoms with E-state index >= 15 is 0 Å².